The van der Waals surface area contributed by atoms with Crippen molar-refractivity contribution in [2.24, 2.45) is 5.41 Å². The van der Waals surface area contributed by atoms with Crippen LogP contribution in [0.5, 0.6) is 0 Å². The van der Waals surface area contributed by atoms with Gasteiger partial charge in [0.15, 0.2) is 0 Å². The Labute approximate surface area is 177 Å². The monoisotopic (exact) mass is 493 g/mol. The molecule has 0 radical (unpaired) electrons. The fraction of sp³-hybridized carbons (Fsp3) is 0.526. The van der Waals surface area contributed by atoms with Crippen LogP contribution in [0.2, 0.25) is 0 Å². The molecule has 158 valence electrons. The molecule has 2 aromatic rings. The van der Waals surface area contributed by atoms with E-state index in [0.717, 1.165) is 6.07 Å². The average Bonchev–Trinajstić information content (AvgIpc) is 3.30. The van der Waals surface area contributed by atoms with E-state index in [0.29, 0.717) is 18.4 Å². The number of benzene rings is 1. The van der Waals surface area contributed by atoms with Gasteiger partial charge >= 0.3 is 6.18 Å². The highest BCUT2D eigenvalue weighted by Gasteiger charge is 2.46. The zero-order valence-electron chi connectivity index (χ0n) is 16.0. The fourth-order valence-electron chi connectivity index (χ4n) is 3.05. The molecular weight excluding hydrogens is 474 g/mol. The standard InChI is InChI=1S/C19H20BrF4N3OS/c1-17(2,3)29(28)26-16(19(22,23)24)12-8-27(10-18(9-25)4-5-18)15-7-13(20)14(21)6-11(12)15/h6-8,16,26H,4-5,10H2,1-3H3/t16-,29-/m0/s1. The number of rotatable bonds is 5. The maximum atomic E-state index is 14.2. The first kappa shape index (κ1) is 22.2. The van der Waals surface area contributed by atoms with Gasteiger partial charge in [-0.15, -0.1) is 0 Å². The van der Waals surface area contributed by atoms with Crippen molar-refractivity contribution >= 4 is 37.8 Å². The molecule has 0 spiro atoms. The summed E-state index contributed by atoms with van der Waals surface area (Å²) in [7, 11) is -2.00. The average molecular weight is 494 g/mol. The molecule has 3 rings (SSSR count). The van der Waals surface area contributed by atoms with Crippen molar-refractivity contribution in [3.8, 4) is 6.07 Å². The quantitative estimate of drug-likeness (QED) is 0.558. The van der Waals surface area contributed by atoms with E-state index in [1.165, 1.54) is 12.3 Å². The first-order chi connectivity index (χ1) is 13.3. The van der Waals surface area contributed by atoms with Gasteiger partial charge in [0.25, 0.3) is 0 Å². The Morgan fingerprint density at radius 1 is 1.34 bits per heavy atom. The Hall–Kier alpha value is -1.44. The molecule has 2 atom stereocenters. The molecular formula is C19H20BrF4N3OS. The summed E-state index contributed by atoms with van der Waals surface area (Å²) in [4.78, 5) is 0. The van der Waals surface area contributed by atoms with E-state index in [-0.39, 0.29) is 22.0 Å². The van der Waals surface area contributed by atoms with Gasteiger partial charge in [-0.1, -0.05) is 0 Å². The zero-order valence-corrected chi connectivity index (χ0v) is 18.4. The molecule has 0 aliphatic heterocycles. The molecule has 1 heterocycles. The Balaban J connectivity index is 2.16. The lowest BCUT2D eigenvalue weighted by Crippen LogP contribution is -2.41. The van der Waals surface area contributed by atoms with Gasteiger partial charge in [0.05, 0.1) is 31.7 Å². The van der Waals surface area contributed by atoms with Crippen LogP contribution in [0.15, 0.2) is 22.8 Å². The molecule has 0 saturated heterocycles. The van der Waals surface area contributed by atoms with E-state index in [1.54, 1.807) is 25.3 Å². The predicted molar refractivity (Wildman–Crippen MR) is 107 cm³/mol. The van der Waals surface area contributed by atoms with Crippen LogP contribution in [0.25, 0.3) is 10.9 Å². The number of alkyl halides is 3. The Morgan fingerprint density at radius 3 is 2.45 bits per heavy atom. The molecule has 0 unspecified atom stereocenters. The molecule has 0 amide bonds. The van der Waals surface area contributed by atoms with Gasteiger partial charge in [0.1, 0.15) is 11.9 Å². The summed E-state index contributed by atoms with van der Waals surface area (Å²) >= 11 is 3.08. The van der Waals surface area contributed by atoms with E-state index < -0.39 is 39.2 Å². The first-order valence-corrected chi connectivity index (χ1v) is 10.9. The Morgan fingerprint density at radius 2 is 1.97 bits per heavy atom. The van der Waals surface area contributed by atoms with E-state index in [9.17, 15) is 27.0 Å². The lowest BCUT2D eigenvalue weighted by Gasteiger charge is -2.25. The van der Waals surface area contributed by atoms with Crippen molar-refractivity contribution in [3.63, 3.8) is 0 Å². The van der Waals surface area contributed by atoms with Gasteiger partial charge in [-0.3, -0.25) is 0 Å². The highest BCUT2D eigenvalue weighted by Crippen LogP contribution is 2.48. The fourth-order valence-corrected chi connectivity index (χ4v) is 4.21. The molecule has 1 aromatic heterocycles. The van der Waals surface area contributed by atoms with Crippen molar-refractivity contribution in [2.45, 2.75) is 57.1 Å². The summed E-state index contributed by atoms with van der Waals surface area (Å²) in [6.45, 7) is 4.90. The molecule has 1 aliphatic carbocycles. The second kappa shape index (κ2) is 7.36. The predicted octanol–water partition coefficient (Wildman–Crippen LogP) is 5.50. The number of aromatic nitrogens is 1. The molecule has 1 aromatic carbocycles. The number of fused-ring (bicyclic) bond motifs is 1. The Kier molecular flexibility index (Phi) is 5.65. The Bertz CT molecular complexity index is 1020. The minimum atomic E-state index is -4.75. The highest BCUT2D eigenvalue weighted by molar-refractivity contribution is 9.10. The van der Waals surface area contributed by atoms with E-state index >= 15 is 0 Å². The minimum Gasteiger partial charge on any atom is -0.345 e. The van der Waals surface area contributed by atoms with Crippen molar-refractivity contribution in [1.82, 2.24) is 9.29 Å². The van der Waals surface area contributed by atoms with Gasteiger partial charge in [-0.05, 0) is 61.7 Å². The molecule has 1 aliphatic rings. The second-order valence-electron chi connectivity index (χ2n) is 8.36. The van der Waals surface area contributed by atoms with Crippen molar-refractivity contribution in [1.29, 1.82) is 5.26 Å². The lowest BCUT2D eigenvalue weighted by molar-refractivity contribution is -0.152. The SMILES string of the molecule is CC(C)(C)[S@](=O)N[C@@H](c1cn(CC2(C#N)CC2)c2cc(Br)c(F)cc12)C(F)(F)F. The van der Waals surface area contributed by atoms with Crippen LogP contribution in [0.1, 0.15) is 45.2 Å². The van der Waals surface area contributed by atoms with Crippen LogP contribution in [0.4, 0.5) is 17.6 Å². The minimum absolute atomic E-state index is 0.0696. The number of nitriles is 1. The normalized spacial score (nSPS) is 18.4. The summed E-state index contributed by atoms with van der Waals surface area (Å²) in [5.74, 6) is -0.698. The van der Waals surface area contributed by atoms with Gasteiger partial charge in [-0.2, -0.15) is 18.4 Å². The number of nitrogens with zero attached hydrogens (tertiary/aromatic N) is 2. The molecule has 0 bridgehead atoms. The van der Waals surface area contributed by atoms with Gasteiger partial charge in [0.2, 0.25) is 0 Å². The summed E-state index contributed by atoms with van der Waals surface area (Å²) in [5.41, 5.74) is -0.447. The van der Waals surface area contributed by atoms with Gasteiger partial charge < -0.3 is 4.57 Å². The third kappa shape index (κ3) is 4.52. The molecule has 10 heteroatoms. The number of nitrogens with one attached hydrogen (secondary N) is 1. The summed E-state index contributed by atoms with van der Waals surface area (Å²) in [6, 6.07) is 2.42. The summed E-state index contributed by atoms with van der Waals surface area (Å²) in [6.07, 6.45) is -2.14. The zero-order chi connectivity index (χ0) is 21.8. The third-order valence-electron chi connectivity index (χ3n) is 4.94. The maximum absolute atomic E-state index is 14.2. The highest BCUT2D eigenvalue weighted by atomic mass is 79.9. The van der Waals surface area contributed by atoms with Crippen LogP contribution in [0, 0.1) is 22.6 Å². The second-order valence-corrected chi connectivity index (χ2v) is 11.2. The largest absolute Gasteiger partial charge is 0.408 e. The summed E-state index contributed by atoms with van der Waals surface area (Å²) < 4.78 is 71.3. The van der Waals surface area contributed by atoms with Crippen LogP contribution in [0.3, 0.4) is 0 Å². The van der Waals surface area contributed by atoms with Crippen LogP contribution in [-0.2, 0) is 17.5 Å². The topological polar surface area (TPSA) is 57.8 Å². The first-order valence-electron chi connectivity index (χ1n) is 8.91. The van der Waals surface area contributed by atoms with E-state index in [4.69, 9.17) is 0 Å². The maximum Gasteiger partial charge on any atom is 0.408 e. The molecule has 4 nitrogen and oxygen atoms in total. The van der Waals surface area contributed by atoms with E-state index in [1.807, 2.05) is 0 Å². The molecule has 1 N–H and O–H groups in total. The molecule has 29 heavy (non-hydrogen) atoms. The van der Waals surface area contributed by atoms with Crippen LogP contribution < -0.4 is 4.72 Å². The van der Waals surface area contributed by atoms with Crippen molar-refractivity contribution in [3.05, 3.63) is 34.2 Å². The van der Waals surface area contributed by atoms with E-state index in [2.05, 4.69) is 26.7 Å². The molecule has 1 saturated carbocycles. The van der Waals surface area contributed by atoms with Crippen molar-refractivity contribution in [2.75, 3.05) is 0 Å². The van der Waals surface area contributed by atoms with Crippen LogP contribution >= 0.6 is 15.9 Å². The summed E-state index contributed by atoms with van der Waals surface area (Å²) in [5, 5.41) is 9.45. The van der Waals surface area contributed by atoms with Gasteiger partial charge in [-0.25, -0.2) is 13.3 Å². The smallest absolute Gasteiger partial charge is 0.345 e. The number of hydrogen-bond donors (Lipinski definition) is 1. The number of hydrogen-bond acceptors (Lipinski definition) is 2. The molecule has 1 fully saturated rings. The van der Waals surface area contributed by atoms with Crippen molar-refractivity contribution < 1.29 is 21.8 Å². The van der Waals surface area contributed by atoms with Gasteiger partial charge in [0, 0.05) is 29.2 Å². The number of halogens is 5. The third-order valence-corrected chi connectivity index (χ3v) is 7.11. The van der Waals surface area contributed by atoms with Crippen LogP contribution in [-0.4, -0.2) is 19.7 Å². The lowest BCUT2D eigenvalue weighted by atomic mass is 10.1.